The van der Waals surface area contributed by atoms with Crippen molar-refractivity contribution in [2.45, 2.75) is 12.5 Å². The molecule has 1 aromatic heterocycles. The Bertz CT molecular complexity index is 666. The molecular formula is C14H14BrNO5. The van der Waals surface area contributed by atoms with Crippen LogP contribution in [0, 0.1) is 0 Å². The Hall–Kier alpha value is -1.86. The van der Waals surface area contributed by atoms with Gasteiger partial charge in [0.2, 0.25) is 0 Å². The predicted molar refractivity (Wildman–Crippen MR) is 79.3 cm³/mol. The summed E-state index contributed by atoms with van der Waals surface area (Å²) in [5.41, 5.74) is 0.548. The molecule has 0 aliphatic heterocycles. The van der Waals surface area contributed by atoms with Gasteiger partial charge in [0.05, 0.1) is 4.47 Å². The highest BCUT2D eigenvalue weighted by Crippen LogP contribution is 2.26. The predicted octanol–water partition coefficient (Wildman–Crippen LogP) is 2.41. The number of methoxy groups -OCH3 is 1. The van der Waals surface area contributed by atoms with Gasteiger partial charge in [-0.05, 0) is 28.1 Å². The quantitative estimate of drug-likeness (QED) is 0.830. The van der Waals surface area contributed by atoms with Gasteiger partial charge in [0.15, 0.2) is 5.76 Å². The lowest BCUT2D eigenvalue weighted by molar-refractivity contribution is -0.139. The summed E-state index contributed by atoms with van der Waals surface area (Å²) in [7, 11) is 1.47. The first-order valence-electron chi connectivity index (χ1n) is 6.23. The third kappa shape index (κ3) is 3.62. The van der Waals surface area contributed by atoms with Gasteiger partial charge in [-0.2, -0.15) is 0 Å². The minimum atomic E-state index is -1.11. The second-order valence-electron chi connectivity index (χ2n) is 4.41. The number of hydrogen-bond acceptors (Lipinski definition) is 4. The molecule has 0 bridgehead atoms. The standard InChI is InChI=1S/C14H14BrNO5/c1-20-6-5-10(14(18)19)16-13(17)11-7-8-3-2-4-9(15)12(8)21-11/h2-4,7,10H,5-6H2,1H3,(H,16,17)(H,18,19). The van der Waals surface area contributed by atoms with E-state index in [4.69, 9.17) is 14.3 Å². The number of nitrogens with one attached hydrogen (secondary N) is 1. The number of carbonyl (C=O) groups is 2. The van der Waals surface area contributed by atoms with Crippen LogP contribution in [0.5, 0.6) is 0 Å². The van der Waals surface area contributed by atoms with Gasteiger partial charge < -0.3 is 19.6 Å². The fourth-order valence-corrected chi connectivity index (χ4v) is 2.32. The number of carboxylic acids is 1. The van der Waals surface area contributed by atoms with Crippen molar-refractivity contribution >= 4 is 38.8 Å². The third-order valence-electron chi connectivity index (χ3n) is 2.93. The maximum atomic E-state index is 12.1. The topological polar surface area (TPSA) is 88.8 Å². The molecule has 0 saturated heterocycles. The first kappa shape index (κ1) is 15.5. The number of aliphatic carboxylic acids is 1. The largest absolute Gasteiger partial charge is 0.480 e. The fraction of sp³-hybridized carbons (Fsp3) is 0.286. The number of rotatable bonds is 6. The van der Waals surface area contributed by atoms with Crippen LogP contribution in [0.4, 0.5) is 0 Å². The molecule has 112 valence electrons. The van der Waals surface area contributed by atoms with E-state index in [-0.39, 0.29) is 18.8 Å². The Kier molecular flexibility index (Phi) is 4.98. The fourth-order valence-electron chi connectivity index (χ4n) is 1.86. The smallest absolute Gasteiger partial charge is 0.326 e. The van der Waals surface area contributed by atoms with Crippen molar-refractivity contribution in [2.75, 3.05) is 13.7 Å². The molecule has 0 spiro atoms. The summed E-state index contributed by atoms with van der Waals surface area (Å²) >= 11 is 3.33. The van der Waals surface area contributed by atoms with E-state index in [1.54, 1.807) is 18.2 Å². The molecule has 1 aromatic carbocycles. The normalized spacial score (nSPS) is 12.3. The van der Waals surface area contributed by atoms with E-state index < -0.39 is 17.9 Å². The van der Waals surface area contributed by atoms with Gasteiger partial charge >= 0.3 is 5.97 Å². The van der Waals surface area contributed by atoms with Gasteiger partial charge in [-0.3, -0.25) is 4.79 Å². The number of furan rings is 1. The molecule has 1 amide bonds. The number of hydrogen-bond donors (Lipinski definition) is 2. The van der Waals surface area contributed by atoms with Crippen LogP contribution in [0.15, 0.2) is 33.2 Å². The molecule has 6 nitrogen and oxygen atoms in total. The van der Waals surface area contributed by atoms with E-state index in [0.29, 0.717) is 5.58 Å². The van der Waals surface area contributed by atoms with E-state index >= 15 is 0 Å². The summed E-state index contributed by atoms with van der Waals surface area (Å²) < 4.78 is 11.0. The molecule has 2 N–H and O–H groups in total. The van der Waals surface area contributed by atoms with Gasteiger partial charge in [0, 0.05) is 25.5 Å². The maximum Gasteiger partial charge on any atom is 0.326 e. The third-order valence-corrected chi connectivity index (χ3v) is 3.56. The van der Waals surface area contributed by atoms with Crippen LogP contribution in [-0.4, -0.2) is 36.7 Å². The average Bonchev–Trinajstić information content (AvgIpc) is 2.88. The monoisotopic (exact) mass is 355 g/mol. The number of carboxylic acid groups (broad SMARTS) is 1. The minimum absolute atomic E-state index is 0.0700. The van der Waals surface area contributed by atoms with Crippen molar-refractivity contribution in [3.8, 4) is 0 Å². The molecule has 1 atom stereocenters. The van der Waals surface area contributed by atoms with E-state index in [2.05, 4.69) is 21.2 Å². The van der Waals surface area contributed by atoms with Gasteiger partial charge in [-0.15, -0.1) is 0 Å². The van der Waals surface area contributed by atoms with E-state index in [1.807, 2.05) is 6.07 Å². The molecule has 1 heterocycles. The molecule has 2 rings (SSSR count). The number of halogens is 1. The van der Waals surface area contributed by atoms with E-state index in [9.17, 15) is 9.59 Å². The van der Waals surface area contributed by atoms with Crippen LogP contribution in [0.2, 0.25) is 0 Å². The highest BCUT2D eigenvalue weighted by molar-refractivity contribution is 9.10. The summed E-state index contributed by atoms with van der Waals surface area (Å²) in [5.74, 6) is -1.61. The van der Waals surface area contributed by atoms with Crippen molar-refractivity contribution in [3.63, 3.8) is 0 Å². The summed E-state index contributed by atoms with van der Waals surface area (Å²) in [6.45, 7) is 0.239. The number of carbonyl (C=O) groups excluding carboxylic acids is 1. The zero-order valence-electron chi connectivity index (χ0n) is 11.3. The van der Waals surface area contributed by atoms with E-state index in [1.165, 1.54) is 7.11 Å². The van der Waals surface area contributed by atoms with Gasteiger partial charge in [-0.25, -0.2) is 4.79 Å². The summed E-state index contributed by atoms with van der Waals surface area (Å²) in [4.78, 5) is 23.2. The van der Waals surface area contributed by atoms with E-state index in [0.717, 1.165) is 9.86 Å². The van der Waals surface area contributed by atoms with Crippen LogP contribution in [0.3, 0.4) is 0 Å². The molecule has 0 saturated carbocycles. The SMILES string of the molecule is COCCC(NC(=O)c1cc2cccc(Br)c2o1)C(=O)O. The molecule has 7 heteroatoms. The molecule has 21 heavy (non-hydrogen) atoms. The first-order chi connectivity index (χ1) is 10.0. The highest BCUT2D eigenvalue weighted by Gasteiger charge is 2.22. The van der Waals surface area contributed by atoms with Crippen molar-refractivity contribution in [1.29, 1.82) is 0 Å². The van der Waals surface area contributed by atoms with Crippen molar-refractivity contribution in [3.05, 3.63) is 34.5 Å². The summed E-state index contributed by atoms with van der Waals surface area (Å²) in [5, 5.41) is 12.3. The zero-order valence-corrected chi connectivity index (χ0v) is 12.8. The average molecular weight is 356 g/mol. The van der Waals surface area contributed by atoms with Crippen molar-refractivity contribution in [2.24, 2.45) is 0 Å². The maximum absolute atomic E-state index is 12.1. The van der Waals surface area contributed by atoms with Crippen LogP contribution in [-0.2, 0) is 9.53 Å². The summed E-state index contributed by atoms with van der Waals surface area (Å²) in [6.07, 6.45) is 0.182. The number of para-hydroxylation sites is 1. The van der Waals surface area contributed by atoms with Crippen LogP contribution >= 0.6 is 15.9 Å². The lowest BCUT2D eigenvalue weighted by atomic mass is 10.2. The zero-order chi connectivity index (χ0) is 15.4. The lowest BCUT2D eigenvalue weighted by Gasteiger charge is -2.12. The Labute approximate surface area is 129 Å². The second-order valence-corrected chi connectivity index (χ2v) is 5.27. The van der Waals surface area contributed by atoms with Crippen LogP contribution in [0.25, 0.3) is 11.0 Å². The molecule has 1 unspecified atom stereocenters. The van der Waals surface area contributed by atoms with Gasteiger partial charge in [0.1, 0.15) is 11.6 Å². The molecular weight excluding hydrogens is 342 g/mol. The molecule has 0 fully saturated rings. The Morgan fingerprint density at radius 2 is 2.24 bits per heavy atom. The number of amides is 1. The van der Waals surface area contributed by atoms with Crippen molar-refractivity contribution in [1.82, 2.24) is 5.32 Å². The summed E-state index contributed by atoms with van der Waals surface area (Å²) in [6, 6.07) is 5.98. The molecule has 0 radical (unpaired) electrons. The Balaban J connectivity index is 2.17. The Morgan fingerprint density at radius 3 is 2.86 bits per heavy atom. The molecule has 0 aliphatic carbocycles. The number of ether oxygens (including phenoxy) is 1. The Morgan fingerprint density at radius 1 is 1.48 bits per heavy atom. The van der Waals surface area contributed by atoms with Crippen LogP contribution < -0.4 is 5.32 Å². The van der Waals surface area contributed by atoms with Gasteiger partial charge in [-0.1, -0.05) is 12.1 Å². The molecule has 2 aromatic rings. The first-order valence-corrected chi connectivity index (χ1v) is 7.03. The van der Waals surface area contributed by atoms with Crippen molar-refractivity contribution < 1.29 is 23.8 Å². The number of fused-ring (bicyclic) bond motifs is 1. The molecule has 0 aliphatic rings. The minimum Gasteiger partial charge on any atom is -0.480 e. The number of benzene rings is 1. The second kappa shape index (κ2) is 6.73. The lowest BCUT2D eigenvalue weighted by Crippen LogP contribution is -2.41. The van der Waals surface area contributed by atoms with Crippen LogP contribution in [0.1, 0.15) is 17.0 Å². The van der Waals surface area contributed by atoms with Gasteiger partial charge in [0.25, 0.3) is 5.91 Å². The highest BCUT2D eigenvalue weighted by atomic mass is 79.9.